The summed E-state index contributed by atoms with van der Waals surface area (Å²) in [5.41, 5.74) is 6.49. The van der Waals surface area contributed by atoms with Crippen LogP contribution in [0.5, 0.6) is 0 Å². The van der Waals surface area contributed by atoms with E-state index in [1.807, 2.05) is 25.1 Å². The second-order valence-corrected chi connectivity index (χ2v) is 4.77. The molecule has 0 spiro atoms. The first-order valence-corrected chi connectivity index (χ1v) is 6.17. The van der Waals surface area contributed by atoms with Gasteiger partial charge in [0.15, 0.2) is 0 Å². The molecule has 4 nitrogen and oxygen atoms in total. The number of aromatic amines is 1. The fourth-order valence-corrected chi connectivity index (χ4v) is 2.27. The van der Waals surface area contributed by atoms with Gasteiger partial charge in [0.1, 0.15) is 11.5 Å². The third-order valence-corrected chi connectivity index (χ3v) is 3.25. The Hall–Kier alpha value is -1.75. The van der Waals surface area contributed by atoms with Crippen molar-refractivity contribution in [2.75, 3.05) is 5.73 Å². The number of nitrogens with zero attached hydrogens (tertiary/aromatic N) is 1. The molecule has 1 aromatic carbocycles. The molecule has 0 radical (unpaired) electrons. The van der Waals surface area contributed by atoms with E-state index in [4.69, 9.17) is 5.73 Å². The first-order valence-electron chi connectivity index (χ1n) is 5.18. The summed E-state index contributed by atoms with van der Waals surface area (Å²) in [7, 11) is 0. The van der Waals surface area contributed by atoms with Crippen LogP contribution in [-0.4, -0.2) is 9.97 Å². The Morgan fingerprint density at radius 3 is 3.00 bits per heavy atom. The third kappa shape index (κ3) is 3.10. The first kappa shape index (κ1) is 11.7. The smallest absolute Gasteiger partial charge is 0.274 e. The molecule has 5 heteroatoms. The maximum Gasteiger partial charge on any atom is 0.274 e. The zero-order valence-corrected chi connectivity index (χ0v) is 10.3. The minimum absolute atomic E-state index is 0.148. The molecule has 2 rings (SSSR count). The second-order valence-electron chi connectivity index (χ2n) is 3.72. The van der Waals surface area contributed by atoms with Crippen LogP contribution in [0.1, 0.15) is 11.4 Å². The lowest BCUT2D eigenvalue weighted by molar-refractivity contribution is 1.01. The molecule has 88 valence electrons. The SMILES string of the molecule is Cc1cccc(SCc2ncc(N)c(=O)[nH]2)c1. The summed E-state index contributed by atoms with van der Waals surface area (Å²) in [4.78, 5) is 19.2. The average molecular weight is 247 g/mol. The largest absolute Gasteiger partial charge is 0.393 e. The van der Waals surface area contributed by atoms with Gasteiger partial charge in [-0.25, -0.2) is 4.98 Å². The normalized spacial score (nSPS) is 10.4. The van der Waals surface area contributed by atoms with Gasteiger partial charge in [-0.3, -0.25) is 4.79 Å². The molecule has 0 amide bonds. The number of thioether (sulfide) groups is 1. The molecule has 0 unspecified atom stereocenters. The van der Waals surface area contributed by atoms with Crippen molar-refractivity contribution < 1.29 is 0 Å². The molecule has 1 heterocycles. The number of anilines is 1. The molecule has 3 N–H and O–H groups in total. The van der Waals surface area contributed by atoms with E-state index in [-0.39, 0.29) is 11.2 Å². The highest BCUT2D eigenvalue weighted by atomic mass is 32.2. The molecule has 2 aromatic rings. The maximum absolute atomic E-state index is 11.3. The van der Waals surface area contributed by atoms with Gasteiger partial charge in [-0.15, -0.1) is 11.8 Å². The predicted molar refractivity (Wildman–Crippen MR) is 70.0 cm³/mol. The van der Waals surface area contributed by atoms with E-state index >= 15 is 0 Å². The summed E-state index contributed by atoms with van der Waals surface area (Å²) in [6.45, 7) is 2.05. The van der Waals surface area contributed by atoms with Gasteiger partial charge in [-0.2, -0.15) is 0 Å². The Morgan fingerprint density at radius 1 is 1.47 bits per heavy atom. The minimum Gasteiger partial charge on any atom is -0.393 e. The van der Waals surface area contributed by atoms with Gasteiger partial charge in [0.2, 0.25) is 0 Å². The lowest BCUT2D eigenvalue weighted by Crippen LogP contribution is -2.14. The van der Waals surface area contributed by atoms with Crippen LogP contribution in [-0.2, 0) is 5.75 Å². The van der Waals surface area contributed by atoms with Gasteiger partial charge >= 0.3 is 0 Å². The summed E-state index contributed by atoms with van der Waals surface area (Å²) in [5.74, 6) is 1.26. The number of nitrogens with two attached hydrogens (primary N) is 1. The van der Waals surface area contributed by atoms with E-state index in [9.17, 15) is 4.79 Å². The highest BCUT2D eigenvalue weighted by Gasteiger charge is 2.00. The predicted octanol–water partition coefficient (Wildman–Crippen LogP) is 1.95. The molecule has 0 saturated heterocycles. The number of aromatic nitrogens is 2. The van der Waals surface area contributed by atoms with Crippen LogP contribution in [0.25, 0.3) is 0 Å². The molecule has 0 saturated carbocycles. The standard InChI is InChI=1S/C12H13N3OS/c1-8-3-2-4-9(5-8)17-7-11-14-6-10(13)12(16)15-11/h2-6H,7,13H2,1H3,(H,14,15,16). The van der Waals surface area contributed by atoms with Crippen LogP contribution >= 0.6 is 11.8 Å². The number of H-pyrrole nitrogens is 1. The van der Waals surface area contributed by atoms with Gasteiger partial charge in [0, 0.05) is 4.90 Å². The Morgan fingerprint density at radius 2 is 2.29 bits per heavy atom. The fraction of sp³-hybridized carbons (Fsp3) is 0.167. The highest BCUT2D eigenvalue weighted by molar-refractivity contribution is 7.98. The molecule has 17 heavy (non-hydrogen) atoms. The molecular formula is C12H13N3OS. The molecular weight excluding hydrogens is 234 g/mol. The van der Waals surface area contributed by atoms with Crippen molar-refractivity contribution >= 4 is 17.4 Å². The van der Waals surface area contributed by atoms with Gasteiger partial charge in [-0.05, 0) is 19.1 Å². The number of nitrogens with one attached hydrogen (secondary N) is 1. The zero-order valence-electron chi connectivity index (χ0n) is 9.43. The van der Waals surface area contributed by atoms with Crippen LogP contribution in [0.2, 0.25) is 0 Å². The molecule has 0 aliphatic rings. The van der Waals surface area contributed by atoms with Crippen LogP contribution in [0.3, 0.4) is 0 Å². The van der Waals surface area contributed by atoms with E-state index in [2.05, 4.69) is 16.0 Å². The molecule has 0 aliphatic heterocycles. The average Bonchev–Trinajstić information content (AvgIpc) is 2.31. The lowest BCUT2D eigenvalue weighted by Gasteiger charge is -2.02. The quantitative estimate of drug-likeness (QED) is 0.813. The van der Waals surface area contributed by atoms with Gasteiger partial charge in [0.05, 0.1) is 11.9 Å². The van der Waals surface area contributed by atoms with Crippen molar-refractivity contribution in [1.82, 2.24) is 9.97 Å². The molecule has 0 bridgehead atoms. The topological polar surface area (TPSA) is 71.8 Å². The summed E-state index contributed by atoms with van der Waals surface area (Å²) < 4.78 is 0. The molecule has 1 aromatic heterocycles. The van der Waals surface area contributed by atoms with Crippen LogP contribution in [0.15, 0.2) is 40.2 Å². The van der Waals surface area contributed by atoms with Gasteiger partial charge in [0.25, 0.3) is 5.56 Å². The van der Waals surface area contributed by atoms with E-state index in [1.54, 1.807) is 11.8 Å². The van der Waals surface area contributed by atoms with E-state index in [0.717, 1.165) is 4.90 Å². The number of rotatable bonds is 3. The number of hydrogen-bond donors (Lipinski definition) is 2. The first-order chi connectivity index (χ1) is 8.15. The minimum atomic E-state index is -0.278. The Labute approximate surface area is 103 Å². The third-order valence-electron chi connectivity index (χ3n) is 2.24. The van der Waals surface area contributed by atoms with Crippen molar-refractivity contribution in [3.63, 3.8) is 0 Å². The van der Waals surface area contributed by atoms with Crippen molar-refractivity contribution in [2.45, 2.75) is 17.6 Å². The molecule has 0 atom stereocenters. The lowest BCUT2D eigenvalue weighted by atomic mass is 10.2. The summed E-state index contributed by atoms with van der Waals surface area (Å²) >= 11 is 1.63. The van der Waals surface area contributed by atoms with Gasteiger partial charge < -0.3 is 10.7 Å². The Bertz CT molecular complexity index is 580. The van der Waals surface area contributed by atoms with Crippen molar-refractivity contribution in [3.8, 4) is 0 Å². The summed E-state index contributed by atoms with van der Waals surface area (Å²) in [6.07, 6.45) is 1.39. The molecule has 0 fully saturated rings. The molecule has 0 aliphatic carbocycles. The van der Waals surface area contributed by atoms with Crippen LogP contribution < -0.4 is 11.3 Å². The Kier molecular flexibility index (Phi) is 3.49. The van der Waals surface area contributed by atoms with E-state index < -0.39 is 0 Å². The van der Waals surface area contributed by atoms with Crippen molar-refractivity contribution in [2.24, 2.45) is 0 Å². The number of nitrogen functional groups attached to an aromatic ring is 1. The van der Waals surface area contributed by atoms with Gasteiger partial charge in [-0.1, -0.05) is 17.7 Å². The highest BCUT2D eigenvalue weighted by Crippen LogP contribution is 2.21. The van der Waals surface area contributed by atoms with Crippen LogP contribution in [0, 0.1) is 6.92 Å². The number of aryl methyl sites for hydroxylation is 1. The fourth-order valence-electron chi connectivity index (χ4n) is 1.37. The Balaban J connectivity index is 2.07. The second kappa shape index (κ2) is 5.05. The van der Waals surface area contributed by atoms with Crippen molar-refractivity contribution in [3.05, 3.63) is 52.2 Å². The maximum atomic E-state index is 11.3. The number of hydrogen-bond acceptors (Lipinski definition) is 4. The summed E-state index contributed by atoms with van der Waals surface area (Å²) in [6, 6.07) is 8.19. The summed E-state index contributed by atoms with van der Waals surface area (Å²) in [5, 5.41) is 0. The van der Waals surface area contributed by atoms with E-state index in [1.165, 1.54) is 11.8 Å². The zero-order chi connectivity index (χ0) is 12.3. The van der Waals surface area contributed by atoms with E-state index in [0.29, 0.717) is 11.6 Å². The van der Waals surface area contributed by atoms with Crippen molar-refractivity contribution in [1.29, 1.82) is 0 Å². The monoisotopic (exact) mass is 247 g/mol. The number of benzene rings is 1. The van der Waals surface area contributed by atoms with Crippen LogP contribution in [0.4, 0.5) is 5.69 Å².